The van der Waals surface area contributed by atoms with Crippen molar-refractivity contribution in [1.82, 2.24) is 0 Å². The summed E-state index contributed by atoms with van der Waals surface area (Å²) in [6.45, 7) is 8.16. The van der Waals surface area contributed by atoms with Gasteiger partial charge in [-0.05, 0) is 51.0 Å². The van der Waals surface area contributed by atoms with Crippen molar-refractivity contribution >= 4 is 17.3 Å². The average Bonchev–Trinajstić information content (AvgIpc) is 2.50. The molecule has 4 heteroatoms. The van der Waals surface area contributed by atoms with Crippen LogP contribution in [0.1, 0.15) is 30.5 Å². The van der Waals surface area contributed by atoms with Gasteiger partial charge in [-0.15, -0.1) is 0 Å². The number of benzene rings is 2. The molecule has 24 heavy (non-hydrogen) atoms. The Labute approximate surface area is 143 Å². The van der Waals surface area contributed by atoms with Crippen LogP contribution in [0.5, 0.6) is 5.75 Å². The summed E-state index contributed by atoms with van der Waals surface area (Å²) in [5.41, 5.74) is 10.9. The van der Waals surface area contributed by atoms with E-state index in [1.54, 1.807) is 12.1 Å². The van der Waals surface area contributed by atoms with Crippen molar-refractivity contribution in [2.24, 2.45) is 0 Å². The van der Waals surface area contributed by atoms with E-state index < -0.39 is 6.10 Å². The molecule has 0 spiro atoms. The van der Waals surface area contributed by atoms with Crippen LogP contribution >= 0.6 is 0 Å². The number of fused-ring (bicyclic) bond motifs is 1. The standard InChI is InChI=1S/C20H24N2O2/c1-12(2)22-17-8-7-16(21)11-18(17)24-19(20(22)23)10-15-6-5-13(3)9-14(15)4/h5-9,11-12,19H,10,21H2,1-4H3. The van der Waals surface area contributed by atoms with E-state index in [0.29, 0.717) is 17.9 Å². The molecule has 1 unspecified atom stereocenters. The molecule has 1 atom stereocenters. The predicted octanol–water partition coefficient (Wildman–Crippen LogP) is 3.63. The minimum atomic E-state index is -0.525. The summed E-state index contributed by atoms with van der Waals surface area (Å²) in [7, 11) is 0. The molecule has 1 aliphatic rings. The molecule has 2 N–H and O–H groups in total. The fraction of sp³-hybridized carbons (Fsp3) is 0.350. The number of rotatable bonds is 3. The molecule has 3 rings (SSSR count). The van der Waals surface area contributed by atoms with Crippen LogP contribution in [-0.4, -0.2) is 18.1 Å². The molecule has 2 aromatic rings. The molecule has 0 aliphatic carbocycles. The van der Waals surface area contributed by atoms with E-state index in [2.05, 4.69) is 32.0 Å². The van der Waals surface area contributed by atoms with Crippen LogP contribution in [0.25, 0.3) is 0 Å². The van der Waals surface area contributed by atoms with Crippen molar-refractivity contribution in [2.75, 3.05) is 10.6 Å². The number of nitrogens with zero attached hydrogens (tertiary/aromatic N) is 1. The van der Waals surface area contributed by atoms with Crippen molar-refractivity contribution in [2.45, 2.75) is 46.3 Å². The summed E-state index contributed by atoms with van der Waals surface area (Å²) in [5, 5.41) is 0. The number of ether oxygens (including phenoxy) is 1. The van der Waals surface area contributed by atoms with E-state index in [4.69, 9.17) is 10.5 Å². The first-order valence-electron chi connectivity index (χ1n) is 8.32. The van der Waals surface area contributed by atoms with Gasteiger partial charge in [0.2, 0.25) is 0 Å². The molecule has 0 saturated heterocycles. The lowest BCUT2D eigenvalue weighted by Crippen LogP contribution is -2.50. The van der Waals surface area contributed by atoms with Gasteiger partial charge in [0.15, 0.2) is 6.10 Å². The normalized spacial score (nSPS) is 17.0. The molecule has 1 aliphatic heterocycles. The van der Waals surface area contributed by atoms with Gasteiger partial charge < -0.3 is 15.4 Å². The Balaban J connectivity index is 1.96. The van der Waals surface area contributed by atoms with Crippen LogP contribution in [0.2, 0.25) is 0 Å². The minimum Gasteiger partial charge on any atom is -0.478 e. The van der Waals surface area contributed by atoms with Gasteiger partial charge in [0.25, 0.3) is 5.91 Å². The van der Waals surface area contributed by atoms with Crippen LogP contribution in [0.15, 0.2) is 36.4 Å². The van der Waals surface area contributed by atoms with E-state index >= 15 is 0 Å². The Bertz CT molecular complexity index is 783. The van der Waals surface area contributed by atoms with Crippen molar-refractivity contribution < 1.29 is 9.53 Å². The first kappa shape index (κ1) is 16.4. The SMILES string of the molecule is Cc1ccc(CC2Oc3cc(N)ccc3N(C(C)C)C2=O)c(C)c1. The number of amides is 1. The largest absolute Gasteiger partial charge is 0.478 e. The van der Waals surface area contributed by atoms with Crippen molar-refractivity contribution in [3.63, 3.8) is 0 Å². The van der Waals surface area contributed by atoms with E-state index in [-0.39, 0.29) is 11.9 Å². The van der Waals surface area contributed by atoms with Gasteiger partial charge in [0.1, 0.15) is 5.75 Å². The van der Waals surface area contributed by atoms with Crippen molar-refractivity contribution in [3.8, 4) is 5.75 Å². The van der Waals surface area contributed by atoms with Gasteiger partial charge in [-0.3, -0.25) is 4.79 Å². The molecule has 0 saturated carbocycles. The first-order chi connectivity index (χ1) is 11.4. The van der Waals surface area contributed by atoms with E-state index in [9.17, 15) is 4.79 Å². The van der Waals surface area contributed by atoms with Gasteiger partial charge >= 0.3 is 0 Å². The molecule has 2 aromatic carbocycles. The summed E-state index contributed by atoms with van der Waals surface area (Å²) in [6, 6.07) is 11.8. The molecule has 1 heterocycles. The quantitative estimate of drug-likeness (QED) is 0.877. The van der Waals surface area contributed by atoms with E-state index in [1.807, 2.05) is 24.8 Å². The molecule has 0 bridgehead atoms. The molecule has 1 amide bonds. The number of hydrogen-bond acceptors (Lipinski definition) is 3. The molecule has 126 valence electrons. The lowest BCUT2D eigenvalue weighted by molar-refractivity contribution is -0.126. The third-order valence-corrected chi connectivity index (χ3v) is 4.45. The third-order valence-electron chi connectivity index (χ3n) is 4.45. The van der Waals surface area contributed by atoms with Crippen molar-refractivity contribution in [1.29, 1.82) is 0 Å². The highest BCUT2D eigenvalue weighted by Crippen LogP contribution is 2.37. The second kappa shape index (κ2) is 6.19. The molecular weight excluding hydrogens is 300 g/mol. The van der Waals surface area contributed by atoms with Gasteiger partial charge in [0, 0.05) is 24.2 Å². The minimum absolute atomic E-state index is 0.00208. The Hall–Kier alpha value is -2.49. The summed E-state index contributed by atoms with van der Waals surface area (Å²) >= 11 is 0. The van der Waals surface area contributed by atoms with Crippen LogP contribution in [0.4, 0.5) is 11.4 Å². The molecule has 0 aromatic heterocycles. The fourth-order valence-corrected chi connectivity index (χ4v) is 3.24. The van der Waals surface area contributed by atoms with Gasteiger partial charge in [-0.1, -0.05) is 23.8 Å². The van der Waals surface area contributed by atoms with Crippen LogP contribution < -0.4 is 15.4 Å². The summed E-state index contributed by atoms with van der Waals surface area (Å²) in [5.74, 6) is 0.681. The summed E-state index contributed by atoms with van der Waals surface area (Å²) < 4.78 is 6.02. The molecule has 0 fully saturated rings. The third kappa shape index (κ3) is 2.96. The number of nitrogen functional groups attached to an aromatic ring is 1. The summed E-state index contributed by atoms with van der Waals surface area (Å²) in [6.07, 6.45) is 0.0330. The number of nitrogens with two attached hydrogens (primary N) is 1. The fourth-order valence-electron chi connectivity index (χ4n) is 3.24. The maximum Gasteiger partial charge on any atom is 0.268 e. The lowest BCUT2D eigenvalue weighted by atomic mass is 9.98. The van der Waals surface area contributed by atoms with Gasteiger partial charge in [0.05, 0.1) is 5.69 Å². The van der Waals surface area contributed by atoms with E-state index in [0.717, 1.165) is 11.3 Å². The van der Waals surface area contributed by atoms with Crippen molar-refractivity contribution in [3.05, 3.63) is 53.1 Å². The Morgan fingerprint density at radius 3 is 2.58 bits per heavy atom. The zero-order chi connectivity index (χ0) is 17.4. The monoisotopic (exact) mass is 324 g/mol. The number of carbonyl (C=O) groups is 1. The molecular formula is C20H24N2O2. The number of hydrogen-bond donors (Lipinski definition) is 1. The highest BCUT2D eigenvalue weighted by Gasteiger charge is 2.36. The highest BCUT2D eigenvalue weighted by atomic mass is 16.5. The van der Waals surface area contributed by atoms with Gasteiger partial charge in [-0.25, -0.2) is 0 Å². The number of aryl methyl sites for hydroxylation is 2. The first-order valence-corrected chi connectivity index (χ1v) is 8.32. The Morgan fingerprint density at radius 2 is 1.92 bits per heavy atom. The number of carbonyl (C=O) groups excluding carboxylic acids is 1. The van der Waals surface area contributed by atoms with E-state index in [1.165, 1.54) is 11.1 Å². The average molecular weight is 324 g/mol. The number of anilines is 2. The Morgan fingerprint density at radius 1 is 1.17 bits per heavy atom. The van der Waals surface area contributed by atoms with Gasteiger partial charge in [-0.2, -0.15) is 0 Å². The second-order valence-corrected chi connectivity index (χ2v) is 6.77. The predicted molar refractivity (Wildman–Crippen MR) is 97.5 cm³/mol. The van der Waals surface area contributed by atoms with Crippen LogP contribution in [0.3, 0.4) is 0 Å². The Kier molecular flexibility index (Phi) is 4.22. The van der Waals surface area contributed by atoms with Crippen LogP contribution in [0, 0.1) is 13.8 Å². The topological polar surface area (TPSA) is 55.6 Å². The molecule has 4 nitrogen and oxygen atoms in total. The zero-order valence-corrected chi connectivity index (χ0v) is 14.7. The smallest absolute Gasteiger partial charge is 0.268 e. The second-order valence-electron chi connectivity index (χ2n) is 6.77. The van der Waals surface area contributed by atoms with Crippen LogP contribution in [-0.2, 0) is 11.2 Å². The maximum absolute atomic E-state index is 13.0. The lowest BCUT2D eigenvalue weighted by Gasteiger charge is -2.37. The highest BCUT2D eigenvalue weighted by molar-refractivity contribution is 6.01. The summed E-state index contributed by atoms with van der Waals surface area (Å²) in [4.78, 5) is 14.8. The zero-order valence-electron chi connectivity index (χ0n) is 14.7. The molecule has 0 radical (unpaired) electrons. The maximum atomic E-state index is 13.0.